The van der Waals surface area contributed by atoms with E-state index in [9.17, 15) is 0 Å². The van der Waals surface area contributed by atoms with Crippen LogP contribution in [0.2, 0.25) is 5.02 Å². The molecule has 0 spiro atoms. The summed E-state index contributed by atoms with van der Waals surface area (Å²) in [5, 5.41) is 11.5. The van der Waals surface area contributed by atoms with Crippen molar-refractivity contribution in [3.05, 3.63) is 53.3 Å². The maximum atomic E-state index is 6.12. The summed E-state index contributed by atoms with van der Waals surface area (Å²) in [5.74, 6) is 0.774. The van der Waals surface area contributed by atoms with Crippen LogP contribution in [0.3, 0.4) is 0 Å². The molecule has 0 amide bonds. The van der Waals surface area contributed by atoms with Gasteiger partial charge in [0.2, 0.25) is 0 Å². The average Bonchev–Trinajstić information content (AvgIpc) is 3.01. The lowest BCUT2D eigenvalue weighted by Crippen LogP contribution is -2.37. The zero-order valence-electron chi connectivity index (χ0n) is 12.1. The van der Waals surface area contributed by atoms with Gasteiger partial charge in [0.25, 0.3) is 0 Å². The van der Waals surface area contributed by atoms with Crippen LogP contribution in [0.15, 0.2) is 47.7 Å². The third-order valence-electron chi connectivity index (χ3n) is 3.04. The molecule has 0 aliphatic rings. The first-order valence-corrected chi connectivity index (χ1v) is 7.33. The molecule has 1 aromatic heterocycles. The van der Waals surface area contributed by atoms with E-state index in [1.165, 1.54) is 0 Å². The van der Waals surface area contributed by atoms with Gasteiger partial charge >= 0.3 is 0 Å². The molecule has 1 aromatic carbocycles. The van der Waals surface area contributed by atoms with E-state index in [2.05, 4.69) is 20.7 Å². The fourth-order valence-corrected chi connectivity index (χ4v) is 2.12. The number of guanidine groups is 1. The Bertz CT molecular complexity index is 565. The van der Waals surface area contributed by atoms with Crippen LogP contribution in [0.5, 0.6) is 0 Å². The summed E-state index contributed by atoms with van der Waals surface area (Å²) in [6.45, 7) is 2.38. The number of nitrogens with one attached hydrogen (secondary N) is 2. The Morgan fingerprint density at radius 1 is 1.29 bits per heavy atom. The molecule has 0 aliphatic carbocycles. The van der Waals surface area contributed by atoms with Crippen molar-refractivity contribution in [1.29, 1.82) is 0 Å². The molecule has 0 atom stereocenters. The van der Waals surface area contributed by atoms with Crippen molar-refractivity contribution in [2.24, 2.45) is 4.99 Å². The third-order valence-corrected chi connectivity index (χ3v) is 3.41. The minimum atomic E-state index is 0.651. The van der Waals surface area contributed by atoms with Crippen molar-refractivity contribution < 1.29 is 0 Å². The van der Waals surface area contributed by atoms with Gasteiger partial charge in [-0.3, -0.25) is 9.67 Å². The molecule has 2 N–H and O–H groups in total. The molecular formula is C15H20ClN5. The first kappa shape index (κ1) is 15.4. The largest absolute Gasteiger partial charge is 0.356 e. The van der Waals surface area contributed by atoms with Gasteiger partial charge in [-0.1, -0.05) is 29.8 Å². The summed E-state index contributed by atoms with van der Waals surface area (Å²) in [7, 11) is 1.76. The monoisotopic (exact) mass is 305 g/mol. The molecule has 112 valence electrons. The van der Waals surface area contributed by atoms with E-state index in [1.54, 1.807) is 13.2 Å². The summed E-state index contributed by atoms with van der Waals surface area (Å²) >= 11 is 6.12. The Kier molecular flexibility index (Phi) is 6.09. The summed E-state index contributed by atoms with van der Waals surface area (Å²) in [6.07, 6.45) is 4.73. The van der Waals surface area contributed by atoms with Crippen LogP contribution in [-0.4, -0.2) is 29.3 Å². The fraction of sp³-hybridized carbons (Fsp3) is 0.333. The van der Waals surface area contributed by atoms with E-state index >= 15 is 0 Å². The van der Waals surface area contributed by atoms with Crippen LogP contribution >= 0.6 is 11.6 Å². The lowest BCUT2D eigenvalue weighted by Gasteiger charge is -2.12. The number of benzene rings is 1. The number of rotatable bonds is 6. The third kappa shape index (κ3) is 5.11. The van der Waals surface area contributed by atoms with Gasteiger partial charge in [-0.2, -0.15) is 5.10 Å². The highest BCUT2D eigenvalue weighted by Crippen LogP contribution is 2.14. The Hall–Kier alpha value is -2.01. The minimum Gasteiger partial charge on any atom is -0.356 e. The smallest absolute Gasteiger partial charge is 0.191 e. The van der Waals surface area contributed by atoms with Crippen molar-refractivity contribution in [3.8, 4) is 0 Å². The molecule has 5 nitrogen and oxygen atoms in total. The van der Waals surface area contributed by atoms with Crippen LogP contribution in [0.1, 0.15) is 12.0 Å². The van der Waals surface area contributed by atoms with Crippen molar-refractivity contribution >= 4 is 17.6 Å². The first-order chi connectivity index (χ1) is 10.3. The second kappa shape index (κ2) is 8.32. The molecule has 0 aliphatic heterocycles. The van der Waals surface area contributed by atoms with E-state index in [4.69, 9.17) is 11.6 Å². The molecule has 0 bridgehead atoms. The Labute approximate surface area is 130 Å². The number of hydrogen-bond donors (Lipinski definition) is 2. The second-order valence-corrected chi connectivity index (χ2v) is 4.97. The van der Waals surface area contributed by atoms with Crippen LogP contribution in [0, 0.1) is 0 Å². The van der Waals surface area contributed by atoms with Crippen molar-refractivity contribution in [2.45, 2.75) is 19.5 Å². The molecule has 2 rings (SSSR count). The lowest BCUT2D eigenvalue weighted by atomic mass is 10.2. The van der Waals surface area contributed by atoms with Crippen molar-refractivity contribution in [3.63, 3.8) is 0 Å². The Balaban J connectivity index is 1.70. The number of nitrogens with zero attached hydrogens (tertiary/aromatic N) is 3. The van der Waals surface area contributed by atoms with Gasteiger partial charge in [-0.25, -0.2) is 0 Å². The number of aryl methyl sites for hydroxylation is 1. The summed E-state index contributed by atoms with van der Waals surface area (Å²) in [6, 6.07) is 9.72. The lowest BCUT2D eigenvalue weighted by molar-refractivity contribution is 0.570. The molecule has 2 aromatic rings. The molecule has 21 heavy (non-hydrogen) atoms. The molecule has 0 fully saturated rings. The van der Waals surface area contributed by atoms with Crippen molar-refractivity contribution in [1.82, 2.24) is 20.4 Å². The van der Waals surface area contributed by atoms with E-state index in [-0.39, 0.29) is 0 Å². The summed E-state index contributed by atoms with van der Waals surface area (Å²) < 4.78 is 1.92. The predicted molar refractivity (Wildman–Crippen MR) is 86.5 cm³/mol. The molecule has 6 heteroatoms. The van der Waals surface area contributed by atoms with Crippen molar-refractivity contribution in [2.75, 3.05) is 13.6 Å². The van der Waals surface area contributed by atoms with Crippen LogP contribution in [0.4, 0.5) is 0 Å². The quantitative estimate of drug-likeness (QED) is 0.489. The topological polar surface area (TPSA) is 54.2 Å². The van der Waals surface area contributed by atoms with Crippen LogP contribution in [-0.2, 0) is 13.1 Å². The molecular weight excluding hydrogens is 286 g/mol. The molecule has 0 saturated carbocycles. The predicted octanol–water partition coefficient (Wildman–Crippen LogP) is 2.29. The fourth-order valence-electron chi connectivity index (χ4n) is 1.92. The normalized spacial score (nSPS) is 11.4. The Morgan fingerprint density at radius 2 is 2.14 bits per heavy atom. The number of halogens is 1. The second-order valence-electron chi connectivity index (χ2n) is 4.57. The number of hydrogen-bond acceptors (Lipinski definition) is 2. The van der Waals surface area contributed by atoms with Gasteiger partial charge in [-0.15, -0.1) is 0 Å². The molecule has 0 saturated heterocycles. The van der Waals surface area contributed by atoms with Crippen LogP contribution in [0.25, 0.3) is 0 Å². The maximum absolute atomic E-state index is 6.12. The zero-order chi connectivity index (χ0) is 14.9. The van der Waals surface area contributed by atoms with E-state index < -0.39 is 0 Å². The first-order valence-electron chi connectivity index (χ1n) is 6.95. The summed E-state index contributed by atoms with van der Waals surface area (Å²) in [5.41, 5.74) is 1.05. The van der Waals surface area contributed by atoms with Crippen LogP contribution < -0.4 is 10.6 Å². The molecule has 0 radical (unpaired) electrons. The highest BCUT2D eigenvalue weighted by molar-refractivity contribution is 6.31. The SMILES string of the molecule is CN=C(NCCCn1cccn1)NCc1ccccc1Cl. The maximum Gasteiger partial charge on any atom is 0.191 e. The van der Waals surface area contributed by atoms with E-state index in [1.807, 2.05) is 41.2 Å². The van der Waals surface area contributed by atoms with Gasteiger partial charge in [0.05, 0.1) is 0 Å². The average molecular weight is 306 g/mol. The van der Waals surface area contributed by atoms with E-state index in [0.717, 1.165) is 36.1 Å². The standard InChI is InChI=1S/C15H20ClN5/c1-17-15(18-8-4-10-21-11-5-9-20-21)19-12-13-6-2-3-7-14(13)16/h2-3,5-7,9,11H,4,8,10,12H2,1H3,(H2,17,18,19). The van der Waals surface area contributed by atoms with Gasteiger partial charge in [0.15, 0.2) is 5.96 Å². The van der Waals surface area contributed by atoms with Gasteiger partial charge < -0.3 is 10.6 Å². The van der Waals surface area contributed by atoms with E-state index in [0.29, 0.717) is 6.54 Å². The molecule has 0 unspecified atom stereocenters. The van der Waals surface area contributed by atoms with Gasteiger partial charge in [0.1, 0.15) is 0 Å². The van der Waals surface area contributed by atoms with Gasteiger partial charge in [-0.05, 0) is 24.1 Å². The zero-order valence-corrected chi connectivity index (χ0v) is 12.8. The molecule has 1 heterocycles. The Morgan fingerprint density at radius 3 is 2.86 bits per heavy atom. The number of aromatic nitrogens is 2. The van der Waals surface area contributed by atoms with Gasteiger partial charge in [0, 0.05) is 44.1 Å². The number of aliphatic imine (C=N–C) groups is 1. The highest BCUT2D eigenvalue weighted by Gasteiger charge is 2.01. The highest BCUT2D eigenvalue weighted by atomic mass is 35.5. The summed E-state index contributed by atoms with van der Waals surface area (Å²) in [4.78, 5) is 4.20. The minimum absolute atomic E-state index is 0.651.